The van der Waals surface area contributed by atoms with Gasteiger partial charge in [0.25, 0.3) is 0 Å². The number of carbonyl (C=O) groups excluding carboxylic acids is 1. The van der Waals surface area contributed by atoms with E-state index >= 15 is 0 Å². The minimum atomic E-state index is -0.709. The molecule has 2 N–H and O–H groups in total. The van der Waals surface area contributed by atoms with E-state index in [0.717, 1.165) is 0 Å². The molecule has 5 nitrogen and oxygen atoms in total. The van der Waals surface area contributed by atoms with Crippen LogP contribution in [0.5, 0.6) is 0 Å². The first-order chi connectivity index (χ1) is 7.70. The number of carbonyl (C=O) groups is 1. The second-order valence-corrected chi connectivity index (χ2v) is 2.86. The quantitative estimate of drug-likeness (QED) is 0.460. The number of hydrogen-bond donors (Lipinski definition) is 1. The predicted octanol–water partition coefficient (Wildman–Crippen LogP) is 0.838. The van der Waals surface area contributed by atoms with E-state index in [1.807, 2.05) is 0 Å². The van der Waals surface area contributed by atoms with E-state index in [1.54, 1.807) is 25.1 Å². The summed E-state index contributed by atoms with van der Waals surface area (Å²) < 4.78 is 4.72. The van der Waals surface area contributed by atoms with E-state index in [4.69, 9.17) is 15.7 Å². The third-order valence-corrected chi connectivity index (χ3v) is 1.85. The average Bonchev–Trinajstić information content (AvgIpc) is 2.31. The van der Waals surface area contributed by atoms with Crippen molar-refractivity contribution in [3.8, 4) is 6.07 Å². The van der Waals surface area contributed by atoms with Crippen molar-refractivity contribution >= 4 is 11.7 Å². The summed E-state index contributed by atoms with van der Waals surface area (Å²) in [5.41, 5.74) is 6.19. The van der Waals surface area contributed by atoms with Gasteiger partial charge in [-0.05, 0) is 19.1 Å². The maximum atomic E-state index is 11.4. The molecule has 0 saturated heterocycles. The summed E-state index contributed by atoms with van der Waals surface area (Å²) in [6.07, 6.45) is 3.06. The second-order valence-electron chi connectivity index (χ2n) is 2.86. The Hall–Kier alpha value is -2.35. The van der Waals surface area contributed by atoms with Crippen molar-refractivity contribution in [3.05, 3.63) is 35.7 Å². The zero-order chi connectivity index (χ0) is 12.0. The molecule has 0 aliphatic rings. The van der Waals surface area contributed by atoms with Crippen LogP contribution in [0.25, 0.3) is 5.70 Å². The van der Waals surface area contributed by atoms with Gasteiger partial charge in [-0.3, -0.25) is 4.98 Å². The highest BCUT2D eigenvalue weighted by atomic mass is 16.5. The molecule has 16 heavy (non-hydrogen) atoms. The van der Waals surface area contributed by atoms with Gasteiger partial charge in [0.05, 0.1) is 12.3 Å². The van der Waals surface area contributed by atoms with Crippen LogP contribution in [-0.2, 0) is 9.53 Å². The molecule has 1 aromatic heterocycles. The molecule has 1 heterocycles. The van der Waals surface area contributed by atoms with E-state index in [9.17, 15) is 4.79 Å². The summed E-state index contributed by atoms with van der Waals surface area (Å²) in [6, 6.07) is 4.98. The number of ether oxygens (including phenoxy) is 1. The number of pyridine rings is 1. The summed E-state index contributed by atoms with van der Waals surface area (Å²) in [5.74, 6) is -0.709. The second kappa shape index (κ2) is 5.51. The van der Waals surface area contributed by atoms with Gasteiger partial charge in [-0.15, -0.1) is 0 Å². The Balaban J connectivity index is 3.11. The standard InChI is InChI=1S/C11H11N3O2/c1-2-16-11(15)9(7-12)10(13)8-3-5-14-6-4-8/h3-6H,2,13H2,1H3. The van der Waals surface area contributed by atoms with E-state index in [2.05, 4.69) is 4.98 Å². The number of esters is 1. The highest BCUT2D eigenvalue weighted by Gasteiger charge is 2.15. The molecule has 0 radical (unpaired) electrons. The van der Waals surface area contributed by atoms with Crippen molar-refractivity contribution in [2.45, 2.75) is 6.92 Å². The van der Waals surface area contributed by atoms with Gasteiger partial charge in [0.15, 0.2) is 5.57 Å². The van der Waals surface area contributed by atoms with Gasteiger partial charge in [-0.1, -0.05) is 0 Å². The molecule has 1 rings (SSSR count). The average molecular weight is 217 g/mol. The monoisotopic (exact) mass is 217 g/mol. The molecule has 0 amide bonds. The Morgan fingerprint density at radius 3 is 2.69 bits per heavy atom. The molecule has 5 heteroatoms. The molecule has 0 aliphatic carbocycles. The first-order valence-corrected chi connectivity index (χ1v) is 4.68. The van der Waals surface area contributed by atoms with Crippen LogP contribution in [0.3, 0.4) is 0 Å². The number of nitriles is 1. The Bertz CT molecular complexity index is 446. The lowest BCUT2D eigenvalue weighted by Crippen LogP contribution is -2.12. The third-order valence-electron chi connectivity index (χ3n) is 1.85. The van der Waals surface area contributed by atoms with Crippen LogP contribution in [0.1, 0.15) is 12.5 Å². The first-order valence-electron chi connectivity index (χ1n) is 4.68. The number of nitrogens with two attached hydrogens (primary N) is 1. The zero-order valence-corrected chi connectivity index (χ0v) is 8.80. The van der Waals surface area contributed by atoms with Crippen molar-refractivity contribution in [2.75, 3.05) is 6.61 Å². The van der Waals surface area contributed by atoms with Gasteiger partial charge >= 0.3 is 5.97 Å². The number of hydrogen-bond acceptors (Lipinski definition) is 5. The van der Waals surface area contributed by atoms with Crippen molar-refractivity contribution in [1.82, 2.24) is 4.98 Å². The molecule has 0 aromatic carbocycles. The van der Waals surface area contributed by atoms with Gasteiger partial charge in [0, 0.05) is 18.0 Å². The summed E-state index contributed by atoms with van der Waals surface area (Å²) in [5, 5.41) is 8.85. The summed E-state index contributed by atoms with van der Waals surface area (Å²) >= 11 is 0. The summed E-state index contributed by atoms with van der Waals surface area (Å²) in [6.45, 7) is 1.86. The minimum Gasteiger partial charge on any atom is -0.462 e. The fraction of sp³-hybridized carbons (Fsp3) is 0.182. The summed E-state index contributed by atoms with van der Waals surface area (Å²) in [4.78, 5) is 15.2. The normalized spacial score (nSPS) is 11.2. The van der Waals surface area contributed by atoms with Crippen LogP contribution in [-0.4, -0.2) is 17.6 Å². The molecular weight excluding hydrogens is 206 g/mol. The molecule has 0 bridgehead atoms. The van der Waals surface area contributed by atoms with E-state index < -0.39 is 5.97 Å². The fourth-order valence-electron chi connectivity index (χ4n) is 1.09. The largest absolute Gasteiger partial charge is 0.462 e. The maximum absolute atomic E-state index is 11.4. The van der Waals surface area contributed by atoms with Crippen LogP contribution in [0.2, 0.25) is 0 Å². The van der Waals surface area contributed by atoms with Crippen molar-refractivity contribution in [1.29, 1.82) is 5.26 Å². The van der Waals surface area contributed by atoms with E-state index in [1.165, 1.54) is 12.4 Å². The van der Waals surface area contributed by atoms with Gasteiger partial charge in [0.2, 0.25) is 0 Å². The molecule has 0 spiro atoms. The number of nitrogens with zero attached hydrogens (tertiary/aromatic N) is 2. The van der Waals surface area contributed by atoms with Crippen LogP contribution in [0, 0.1) is 11.3 Å². The van der Waals surface area contributed by atoms with E-state index in [-0.39, 0.29) is 17.9 Å². The number of rotatable bonds is 3. The lowest BCUT2D eigenvalue weighted by atomic mass is 10.1. The van der Waals surface area contributed by atoms with Crippen LogP contribution in [0.15, 0.2) is 30.1 Å². The highest BCUT2D eigenvalue weighted by Crippen LogP contribution is 2.13. The molecule has 0 unspecified atom stereocenters. The predicted molar refractivity (Wildman–Crippen MR) is 57.6 cm³/mol. The highest BCUT2D eigenvalue weighted by molar-refractivity contribution is 6.00. The van der Waals surface area contributed by atoms with Crippen LogP contribution < -0.4 is 5.73 Å². The zero-order valence-electron chi connectivity index (χ0n) is 8.80. The molecule has 82 valence electrons. The van der Waals surface area contributed by atoms with Crippen molar-refractivity contribution < 1.29 is 9.53 Å². The Kier molecular flexibility index (Phi) is 4.04. The smallest absolute Gasteiger partial charge is 0.351 e. The Morgan fingerprint density at radius 1 is 1.56 bits per heavy atom. The molecular formula is C11H11N3O2. The fourth-order valence-corrected chi connectivity index (χ4v) is 1.09. The molecule has 0 saturated carbocycles. The minimum absolute atomic E-state index is 0.100. The van der Waals surface area contributed by atoms with Gasteiger partial charge in [0.1, 0.15) is 6.07 Å². The maximum Gasteiger partial charge on any atom is 0.351 e. The van der Waals surface area contributed by atoms with Gasteiger partial charge in [-0.25, -0.2) is 4.79 Å². The lowest BCUT2D eigenvalue weighted by Gasteiger charge is -2.04. The first kappa shape index (κ1) is 11.7. The van der Waals surface area contributed by atoms with Crippen molar-refractivity contribution in [2.24, 2.45) is 5.73 Å². The number of aromatic nitrogens is 1. The van der Waals surface area contributed by atoms with Crippen LogP contribution >= 0.6 is 0 Å². The summed E-state index contributed by atoms with van der Waals surface area (Å²) in [7, 11) is 0. The Labute approximate surface area is 93.2 Å². The van der Waals surface area contributed by atoms with Crippen LogP contribution in [0.4, 0.5) is 0 Å². The Morgan fingerprint density at radius 2 is 2.19 bits per heavy atom. The molecule has 1 aromatic rings. The molecule has 0 atom stereocenters. The topological polar surface area (TPSA) is 89.0 Å². The molecule has 0 aliphatic heterocycles. The van der Waals surface area contributed by atoms with E-state index in [0.29, 0.717) is 5.56 Å². The lowest BCUT2D eigenvalue weighted by molar-refractivity contribution is -0.137. The van der Waals surface area contributed by atoms with Gasteiger partial charge in [-0.2, -0.15) is 5.26 Å². The molecule has 0 fully saturated rings. The van der Waals surface area contributed by atoms with Crippen molar-refractivity contribution in [3.63, 3.8) is 0 Å². The SMILES string of the molecule is CCOC(=O)C(C#N)=C(N)c1ccncc1. The third kappa shape index (κ3) is 2.58. The van der Waals surface area contributed by atoms with Gasteiger partial charge < -0.3 is 10.5 Å².